The lowest BCUT2D eigenvalue weighted by atomic mass is 10.3. The molecule has 0 saturated heterocycles. The Hall–Kier alpha value is -1.17. The lowest BCUT2D eigenvalue weighted by molar-refractivity contribution is -0.128. The monoisotopic (exact) mass is 192 g/mol. The van der Waals surface area contributed by atoms with Crippen LogP contribution in [0.25, 0.3) is 0 Å². The Kier molecular flexibility index (Phi) is 2.82. The maximum atomic E-state index is 11.8. The van der Waals surface area contributed by atoms with E-state index in [2.05, 4.69) is 9.97 Å². The number of alkyl halides is 3. The molecule has 0 bridgehead atoms. The van der Waals surface area contributed by atoms with Crippen molar-refractivity contribution in [3.05, 3.63) is 23.8 Å². The minimum Gasteiger partial charge on any atom is -0.390 e. The standard InChI is InChI=1S/C7H7F3N2O/c8-7(9,10)3-6-11-2-1-5(4-13)12-6/h1-2,13H,3-4H2. The molecule has 0 aromatic carbocycles. The summed E-state index contributed by atoms with van der Waals surface area (Å²) in [5.74, 6) is -0.320. The lowest BCUT2D eigenvalue weighted by Crippen LogP contribution is -2.14. The number of hydrogen-bond donors (Lipinski definition) is 1. The van der Waals surface area contributed by atoms with Gasteiger partial charge in [0, 0.05) is 6.20 Å². The average Bonchev–Trinajstić information content (AvgIpc) is 2.01. The highest BCUT2D eigenvalue weighted by atomic mass is 19.4. The molecule has 0 amide bonds. The molecular weight excluding hydrogens is 185 g/mol. The largest absolute Gasteiger partial charge is 0.396 e. The highest BCUT2D eigenvalue weighted by Crippen LogP contribution is 2.18. The first kappa shape index (κ1) is 9.91. The third-order valence-electron chi connectivity index (χ3n) is 1.28. The van der Waals surface area contributed by atoms with Gasteiger partial charge in [-0.15, -0.1) is 0 Å². The van der Waals surface area contributed by atoms with Gasteiger partial charge < -0.3 is 5.11 Å². The van der Waals surface area contributed by atoms with Gasteiger partial charge >= 0.3 is 6.18 Å². The van der Waals surface area contributed by atoms with E-state index >= 15 is 0 Å². The van der Waals surface area contributed by atoms with Gasteiger partial charge in [-0.1, -0.05) is 0 Å². The second-order valence-corrected chi connectivity index (χ2v) is 2.41. The van der Waals surface area contributed by atoms with E-state index in [0.717, 1.165) is 0 Å². The van der Waals surface area contributed by atoms with Crippen molar-refractivity contribution in [2.45, 2.75) is 19.2 Å². The van der Waals surface area contributed by atoms with E-state index in [1.165, 1.54) is 12.3 Å². The summed E-state index contributed by atoms with van der Waals surface area (Å²) >= 11 is 0. The summed E-state index contributed by atoms with van der Waals surface area (Å²) in [5.41, 5.74) is 0.189. The van der Waals surface area contributed by atoms with Gasteiger partial charge in [0.1, 0.15) is 12.2 Å². The van der Waals surface area contributed by atoms with Crippen molar-refractivity contribution in [1.29, 1.82) is 0 Å². The van der Waals surface area contributed by atoms with Crippen LogP contribution in [-0.2, 0) is 13.0 Å². The number of hydrogen-bond acceptors (Lipinski definition) is 3. The van der Waals surface area contributed by atoms with Crippen molar-refractivity contribution in [3.63, 3.8) is 0 Å². The van der Waals surface area contributed by atoms with Crippen molar-refractivity contribution >= 4 is 0 Å². The van der Waals surface area contributed by atoms with Crippen LogP contribution in [0.4, 0.5) is 13.2 Å². The molecule has 1 aromatic heterocycles. The fourth-order valence-corrected chi connectivity index (χ4v) is 0.794. The molecule has 0 saturated carbocycles. The van der Waals surface area contributed by atoms with Gasteiger partial charge in [0.2, 0.25) is 0 Å². The minimum atomic E-state index is -4.31. The van der Waals surface area contributed by atoms with Crippen LogP contribution >= 0.6 is 0 Å². The summed E-state index contributed by atoms with van der Waals surface area (Å²) in [7, 11) is 0. The molecule has 0 aliphatic carbocycles. The molecule has 0 aliphatic rings. The Bertz CT molecular complexity index is 287. The molecule has 6 heteroatoms. The number of halogens is 3. The van der Waals surface area contributed by atoms with Crippen molar-refractivity contribution < 1.29 is 18.3 Å². The number of aromatic nitrogens is 2. The lowest BCUT2D eigenvalue weighted by Gasteiger charge is -2.04. The molecule has 0 fully saturated rings. The molecule has 0 atom stereocenters. The van der Waals surface area contributed by atoms with E-state index in [4.69, 9.17) is 5.11 Å². The molecule has 72 valence electrons. The Morgan fingerprint density at radius 1 is 1.38 bits per heavy atom. The molecule has 1 N–H and O–H groups in total. The van der Waals surface area contributed by atoms with E-state index in [-0.39, 0.29) is 18.1 Å². The third kappa shape index (κ3) is 3.37. The van der Waals surface area contributed by atoms with Crippen LogP contribution < -0.4 is 0 Å². The van der Waals surface area contributed by atoms with E-state index in [9.17, 15) is 13.2 Å². The van der Waals surface area contributed by atoms with Crippen molar-refractivity contribution in [2.75, 3.05) is 0 Å². The summed E-state index contributed by atoms with van der Waals surface area (Å²) in [6.45, 7) is -0.382. The third-order valence-corrected chi connectivity index (χ3v) is 1.28. The molecule has 0 aliphatic heterocycles. The number of rotatable bonds is 2. The van der Waals surface area contributed by atoms with Crippen LogP contribution in [0.15, 0.2) is 12.3 Å². The molecule has 0 radical (unpaired) electrons. The summed E-state index contributed by atoms with van der Waals surface area (Å²) in [5, 5.41) is 8.59. The molecule has 13 heavy (non-hydrogen) atoms. The van der Waals surface area contributed by atoms with E-state index in [0.29, 0.717) is 0 Å². The normalized spacial score (nSPS) is 11.7. The second-order valence-electron chi connectivity index (χ2n) is 2.41. The van der Waals surface area contributed by atoms with E-state index in [1.807, 2.05) is 0 Å². The quantitative estimate of drug-likeness (QED) is 0.762. The molecule has 1 rings (SSSR count). The zero-order chi connectivity index (χ0) is 9.90. The maximum Gasteiger partial charge on any atom is 0.396 e. The van der Waals surface area contributed by atoms with Gasteiger partial charge in [-0.05, 0) is 6.07 Å². The first-order valence-corrected chi connectivity index (χ1v) is 3.49. The summed E-state index contributed by atoms with van der Waals surface area (Å²) in [4.78, 5) is 6.93. The Balaban J connectivity index is 2.78. The maximum absolute atomic E-state index is 11.8. The number of nitrogens with zero attached hydrogens (tertiary/aromatic N) is 2. The Morgan fingerprint density at radius 2 is 2.08 bits per heavy atom. The van der Waals surface area contributed by atoms with Crippen LogP contribution in [0.2, 0.25) is 0 Å². The van der Waals surface area contributed by atoms with Crippen LogP contribution in [0.1, 0.15) is 11.5 Å². The first-order chi connectivity index (χ1) is 6.01. The Labute approximate surface area is 72.3 Å². The van der Waals surface area contributed by atoms with Gasteiger partial charge in [0.25, 0.3) is 0 Å². The van der Waals surface area contributed by atoms with Crippen molar-refractivity contribution in [1.82, 2.24) is 9.97 Å². The summed E-state index contributed by atoms with van der Waals surface area (Å²) < 4.78 is 35.5. The highest BCUT2D eigenvalue weighted by molar-refractivity contribution is 5.01. The van der Waals surface area contributed by atoms with Crippen LogP contribution in [0.3, 0.4) is 0 Å². The van der Waals surface area contributed by atoms with Crippen LogP contribution in [0, 0.1) is 0 Å². The second kappa shape index (κ2) is 3.69. The number of aliphatic hydroxyl groups excluding tert-OH is 1. The molecule has 0 unspecified atom stereocenters. The van der Waals surface area contributed by atoms with Gasteiger partial charge in [-0.3, -0.25) is 0 Å². The predicted molar refractivity (Wildman–Crippen MR) is 37.7 cm³/mol. The first-order valence-electron chi connectivity index (χ1n) is 3.49. The molecule has 3 nitrogen and oxygen atoms in total. The summed E-state index contributed by atoms with van der Waals surface area (Å²) in [6, 6.07) is 1.36. The van der Waals surface area contributed by atoms with Crippen LogP contribution in [-0.4, -0.2) is 21.3 Å². The zero-order valence-corrected chi connectivity index (χ0v) is 6.54. The fourth-order valence-electron chi connectivity index (χ4n) is 0.794. The van der Waals surface area contributed by atoms with Crippen molar-refractivity contribution in [3.8, 4) is 0 Å². The fraction of sp³-hybridized carbons (Fsp3) is 0.429. The summed E-state index contributed by atoms with van der Waals surface area (Å²) in [6.07, 6.45) is -4.28. The SMILES string of the molecule is OCc1ccnc(CC(F)(F)F)n1. The molecular formula is C7H7F3N2O. The molecule has 0 spiro atoms. The highest BCUT2D eigenvalue weighted by Gasteiger charge is 2.29. The zero-order valence-electron chi connectivity index (χ0n) is 6.54. The molecule has 1 heterocycles. The van der Waals surface area contributed by atoms with Gasteiger partial charge in [-0.2, -0.15) is 13.2 Å². The van der Waals surface area contributed by atoms with Gasteiger partial charge in [-0.25, -0.2) is 9.97 Å². The van der Waals surface area contributed by atoms with Gasteiger partial charge in [0.15, 0.2) is 0 Å². The van der Waals surface area contributed by atoms with E-state index in [1.54, 1.807) is 0 Å². The molecule has 1 aromatic rings. The van der Waals surface area contributed by atoms with Crippen molar-refractivity contribution in [2.24, 2.45) is 0 Å². The topological polar surface area (TPSA) is 46.0 Å². The Morgan fingerprint density at radius 3 is 2.62 bits per heavy atom. The average molecular weight is 192 g/mol. The number of aliphatic hydroxyl groups is 1. The van der Waals surface area contributed by atoms with Gasteiger partial charge in [0.05, 0.1) is 12.3 Å². The predicted octanol–water partition coefficient (Wildman–Crippen LogP) is 1.07. The minimum absolute atomic E-state index is 0.189. The van der Waals surface area contributed by atoms with E-state index < -0.39 is 12.6 Å². The smallest absolute Gasteiger partial charge is 0.390 e. The van der Waals surface area contributed by atoms with Crippen LogP contribution in [0.5, 0.6) is 0 Å².